The van der Waals surface area contributed by atoms with Gasteiger partial charge in [0.25, 0.3) is 0 Å². The number of benzene rings is 2. The second kappa shape index (κ2) is 4.62. The Morgan fingerprint density at radius 1 is 1.00 bits per heavy atom. The standard InChI is InChI=1S/C16H19NO/c17-16(11-3-1-2-4-11)14-6-5-13-10-15(18)8-7-12(13)9-14/h5-11,16,18H,1-4,17H2/t16-/m1/s1. The van der Waals surface area contributed by atoms with E-state index in [0.717, 1.165) is 10.8 Å². The number of phenolic OH excluding ortho intramolecular Hbond substituents is 1. The fourth-order valence-corrected chi connectivity index (χ4v) is 3.05. The van der Waals surface area contributed by atoms with Crippen LogP contribution in [-0.4, -0.2) is 5.11 Å². The van der Waals surface area contributed by atoms with Crippen molar-refractivity contribution in [3.05, 3.63) is 42.0 Å². The highest BCUT2D eigenvalue weighted by Gasteiger charge is 2.23. The lowest BCUT2D eigenvalue weighted by Gasteiger charge is -2.19. The molecule has 2 aromatic carbocycles. The van der Waals surface area contributed by atoms with Crippen molar-refractivity contribution in [3.63, 3.8) is 0 Å². The first-order valence-electron chi connectivity index (χ1n) is 6.72. The molecule has 0 unspecified atom stereocenters. The van der Waals surface area contributed by atoms with Gasteiger partial charge in [0.1, 0.15) is 5.75 Å². The van der Waals surface area contributed by atoms with Gasteiger partial charge in [0.2, 0.25) is 0 Å². The Kier molecular flexibility index (Phi) is 2.96. The zero-order chi connectivity index (χ0) is 12.5. The highest BCUT2D eigenvalue weighted by atomic mass is 16.3. The van der Waals surface area contributed by atoms with Crippen LogP contribution in [0.2, 0.25) is 0 Å². The summed E-state index contributed by atoms with van der Waals surface area (Å²) in [4.78, 5) is 0. The molecule has 1 aliphatic carbocycles. The van der Waals surface area contributed by atoms with Gasteiger partial charge >= 0.3 is 0 Å². The zero-order valence-electron chi connectivity index (χ0n) is 10.5. The molecule has 1 fully saturated rings. The van der Waals surface area contributed by atoms with Crippen LogP contribution < -0.4 is 5.73 Å². The van der Waals surface area contributed by atoms with Crippen LogP contribution in [-0.2, 0) is 0 Å². The number of fused-ring (bicyclic) bond motifs is 1. The normalized spacial score (nSPS) is 18.3. The summed E-state index contributed by atoms with van der Waals surface area (Å²) in [6.45, 7) is 0. The highest BCUT2D eigenvalue weighted by molar-refractivity contribution is 5.84. The molecule has 3 N–H and O–H groups in total. The van der Waals surface area contributed by atoms with Gasteiger partial charge in [-0.05, 0) is 53.3 Å². The molecule has 0 heterocycles. The minimum absolute atomic E-state index is 0.158. The Balaban J connectivity index is 1.94. The van der Waals surface area contributed by atoms with E-state index < -0.39 is 0 Å². The van der Waals surface area contributed by atoms with E-state index in [1.165, 1.54) is 31.2 Å². The van der Waals surface area contributed by atoms with Crippen LogP contribution in [0.1, 0.15) is 37.3 Å². The first kappa shape index (κ1) is 11.5. The third-order valence-electron chi connectivity index (χ3n) is 4.14. The van der Waals surface area contributed by atoms with Crippen molar-refractivity contribution >= 4 is 10.8 Å². The smallest absolute Gasteiger partial charge is 0.116 e. The quantitative estimate of drug-likeness (QED) is 0.841. The van der Waals surface area contributed by atoms with Gasteiger partial charge < -0.3 is 10.8 Å². The monoisotopic (exact) mass is 241 g/mol. The van der Waals surface area contributed by atoms with Crippen molar-refractivity contribution in [2.24, 2.45) is 11.7 Å². The van der Waals surface area contributed by atoms with E-state index in [2.05, 4.69) is 18.2 Å². The first-order valence-corrected chi connectivity index (χ1v) is 6.72. The third-order valence-corrected chi connectivity index (χ3v) is 4.14. The molecule has 1 saturated carbocycles. The van der Waals surface area contributed by atoms with Crippen LogP contribution >= 0.6 is 0 Å². The second-order valence-electron chi connectivity index (χ2n) is 5.36. The molecule has 0 radical (unpaired) electrons. The topological polar surface area (TPSA) is 46.2 Å². The van der Waals surface area contributed by atoms with E-state index in [4.69, 9.17) is 5.73 Å². The van der Waals surface area contributed by atoms with Crippen LogP contribution in [0.15, 0.2) is 36.4 Å². The molecule has 94 valence electrons. The van der Waals surface area contributed by atoms with Crippen molar-refractivity contribution in [3.8, 4) is 5.75 Å². The maximum absolute atomic E-state index is 9.46. The number of nitrogens with two attached hydrogens (primary N) is 1. The molecular formula is C16H19NO. The Labute approximate surface area is 107 Å². The third kappa shape index (κ3) is 2.08. The number of hydrogen-bond acceptors (Lipinski definition) is 2. The Morgan fingerprint density at radius 3 is 2.44 bits per heavy atom. The van der Waals surface area contributed by atoms with Gasteiger partial charge in [0, 0.05) is 6.04 Å². The zero-order valence-corrected chi connectivity index (χ0v) is 10.5. The minimum atomic E-state index is 0.158. The minimum Gasteiger partial charge on any atom is -0.508 e. The summed E-state index contributed by atoms with van der Waals surface area (Å²) >= 11 is 0. The van der Waals surface area contributed by atoms with E-state index in [-0.39, 0.29) is 6.04 Å². The van der Waals surface area contributed by atoms with Crippen molar-refractivity contribution < 1.29 is 5.11 Å². The predicted octanol–water partition coefficient (Wildman–Crippen LogP) is 3.74. The molecule has 0 saturated heterocycles. The molecule has 1 aliphatic rings. The lowest BCUT2D eigenvalue weighted by molar-refractivity contribution is 0.445. The van der Waals surface area contributed by atoms with E-state index >= 15 is 0 Å². The van der Waals surface area contributed by atoms with E-state index in [9.17, 15) is 5.11 Å². The molecule has 0 aliphatic heterocycles. The lowest BCUT2D eigenvalue weighted by atomic mass is 9.91. The van der Waals surface area contributed by atoms with Gasteiger partial charge in [-0.2, -0.15) is 0 Å². The maximum atomic E-state index is 9.46. The molecule has 2 nitrogen and oxygen atoms in total. The second-order valence-corrected chi connectivity index (χ2v) is 5.36. The van der Waals surface area contributed by atoms with E-state index in [1.54, 1.807) is 12.1 Å². The predicted molar refractivity (Wildman–Crippen MR) is 74.5 cm³/mol. The summed E-state index contributed by atoms with van der Waals surface area (Å²) in [5.74, 6) is 0.954. The van der Waals surface area contributed by atoms with Crippen LogP contribution in [0.4, 0.5) is 0 Å². The number of phenols is 1. The SMILES string of the molecule is N[C@@H](c1ccc2cc(O)ccc2c1)C1CCCC1. The van der Waals surface area contributed by atoms with Crippen molar-refractivity contribution in [1.29, 1.82) is 0 Å². The molecule has 2 aromatic rings. The highest BCUT2D eigenvalue weighted by Crippen LogP contribution is 2.35. The summed E-state index contributed by atoms with van der Waals surface area (Å²) in [6, 6.07) is 12.0. The Hall–Kier alpha value is -1.54. The van der Waals surface area contributed by atoms with Crippen molar-refractivity contribution in [2.75, 3.05) is 0 Å². The molecule has 0 aromatic heterocycles. The number of rotatable bonds is 2. The first-order chi connectivity index (χ1) is 8.74. The van der Waals surface area contributed by atoms with Gasteiger partial charge in [-0.25, -0.2) is 0 Å². The molecule has 0 bridgehead atoms. The number of aromatic hydroxyl groups is 1. The molecular weight excluding hydrogens is 222 g/mol. The molecule has 18 heavy (non-hydrogen) atoms. The summed E-state index contributed by atoms with van der Waals surface area (Å²) in [6.07, 6.45) is 5.16. The van der Waals surface area contributed by atoms with Gasteiger partial charge in [-0.3, -0.25) is 0 Å². The largest absolute Gasteiger partial charge is 0.508 e. The summed E-state index contributed by atoms with van der Waals surface area (Å²) in [7, 11) is 0. The number of hydrogen-bond donors (Lipinski definition) is 2. The van der Waals surface area contributed by atoms with E-state index in [0.29, 0.717) is 11.7 Å². The Bertz CT molecular complexity index is 558. The van der Waals surface area contributed by atoms with Gasteiger partial charge in [0.15, 0.2) is 0 Å². The maximum Gasteiger partial charge on any atom is 0.116 e. The summed E-state index contributed by atoms with van der Waals surface area (Å²) in [5, 5.41) is 11.7. The van der Waals surface area contributed by atoms with Crippen molar-refractivity contribution in [1.82, 2.24) is 0 Å². The van der Waals surface area contributed by atoms with Gasteiger partial charge in [-0.15, -0.1) is 0 Å². The fraction of sp³-hybridized carbons (Fsp3) is 0.375. The average molecular weight is 241 g/mol. The summed E-state index contributed by atoms with van der Waals surface area (Å²) < 4.78 is 0. The Morgan fingerprint density at radius 2 is 1.67 bits per heavy atom. The van der Waals surface area contributed by atoms with E-state index in [1.807, 2.05) is 6.07 Å². The van der Waals surface area contributed by atoms with Gasteiger partial charge in [0.05, 0.1) is 0 Å². The fourth-order valence-electron chi connectivity index (χ4n) is 3.05. The molecule has 1 atom stereocenters. The molecule has 0 amide bonds. The van der Waals surface area contributed by atoms with Crippen LogP contribution in [0.5, 0.6) is 5.75 Å². The molecule has 3 rings (SSSR count). The summed E-state index contributed by atoms with van der Waals surface area (Å²) in [5.41, 5.74) is 7.59. The van der Waals surface area contributed by atoms with Crippen LogP contribution in [0.3, 0.4) is 0 Å². The van der Waals surface area contributed by atoms with Crippen LogP contribution in [0.25, 0.3) is 10.8 Å². The van der Waals surface area contributed by atoms with Crippen molar-refractivity contribution in [2.45, 2.75) is 31.7 Å². The average Bonchev–Trinajstić information content (AvgIpc) is 2.91. The molecule has 0 spiro atoms. The van der Waals surface area contributed by atoms with Crippen LogP contribution in [0, 0.1) is 5.92 Å². The molecule has 2 heteroatoms. The lowest BCUT2D eigenvalue weighted by Crippen LogP contribution is -2.18. The van der Waals surface area contributed by atoms with Gasteiger partial charge in [-0.1, -0.05) is 31.0 Å².